The Hall–Kier alpha value is -2.17. The van der Waals surface area contributed by atoms with E-state index in [4.69, 9.17) is 27.2 Å². The van der Waals surface area contributed by atoms with Crippen molar-refractivity contribution in [1.82, 2.24) is 0 Å². The molecule has 0 fully saturated rings. The molecule has 0 aliphatic carbocycles. The molecule has 0 unspecified atom stereocenters. The second kappa shape index (κ2) is 4.90. The number of phenols is 1. The molecule has 1 rings (SSSR count). The zero-order chi connectivity index (χ0) is 11.3. The maximum atomic E-state index is 9.07. The average molecular weight is 220 g/mol. The number of hydrogen-bond donors (Lipinski definition) is 2. The van der Waals surface area contributed by atoms with E-state index < -0.39 is 0 Å². The number of allylic oxidation sites excluding steroid dienone is 1. The summed E-state index contributed by atoms with van der Waals surface area (Å²) < 4.78 is 0. The van der Waals surface area contributed by atoms with Gasteiger partial charge in [0.2, 0.25) is 0 Å². The predicted molar refractivity (Wildman–Crippen MR) is 56.0 cm³/mol. The quantitative estimate of drug-likeness (QED) is 0.591. The van der Waals surface area contributed by atoms with Crippen LogP contribution in [0.4, 0.5) is 5.69 Å². The van der Waals surface area contributed by atoms with Crippen LogP contribution >= 0.6 is 11.6 Å². The highest BCUT2D eigenvalue weighted by molar-refractivity contribution is 6.33. The molecule has 0 bridgehead atoms. The van der Waals surface area contributed by atoms with Crippen LogP contribution in [0.3, 0.4) is 0 Å². The van der Waals surface area contributed by atoms with E-state index in [1.807, 2.05) is 0 Å². The molecule has 0 aliphatic heterocycles. The molecular formula is C10H6ClN3O. The van der Waals surface area contributed by atoms with Crippen LogP contribution < -0.4 is 5.32 Å². The molecule has 4 nitrogen and oxygen atoms in total. The standard InChI is InChI=1S/C10H6ClN3O/c11-9-3-8(15)1-2-10(9)14-6-7(4-12)5-13/h1-3,6,14-15H. The van der Waals surface area contributed by atoms with Crippen molar-refractivity contribution in [2.24, 2.45) is 0 Å². The van der Waals surface area contributed by atoms with Gasteiger partial charge >= 0.3 is 0 Å². The molecule has 0 saturated carbocycles. The Balaban J connectivity index is 2.89. The summed E-state index contributed by atoms with van der Waals surface area (Å²) >= 11 is 5.78. The lowest BCUT2D eigenvalue weighted by atomic mass is 10.3. The van der Waals surface area contributed by atoms with Gasteiger partial charge in [0.15, 0.2) is 0 Å². The van der Waals surface area contributed by atoms with E-state index in [0.717, 1.165) is 0 Å². The van der Waals surface area contributed by atoms with Crippen molar-refractivity contribution in [3.8, 4) is 17.9 Å². The van der Waals surface area contributed by atoms with Gasteiger partial charge in [-0.15, -0.1) is 0 Å². The Morgan fingerprint density at radius 3 is 2.60 bits per heavy atom. The lowest BCUT2D eigenvalue weighted by Gasteiger charge is -2.03. The van der Waals surface area contributed by atoms with Crippen molar-refractivity contribution in [1.29, 1.82) is 10.5 Å². The second-order valence-electron chi connectivity index (χ2n) is 2.59. The smallest absolute Gasteiger partial charge is 0.145 e. The number of hydrogen-bond acceptors (Lipinski definition) is 4. The van der Waals surface area contributed by atoms with Gasteiger partial charge in [-0.2, -0.15) is 10.5 Å². The number of rotatable bonds is 2. The monoisotopic (exact) mass is 219 g/mol. The Morgan fingerprint density at radius 1 is 1.40 bits per heavy atom. The molecule has 0 amide bonds. The number of benzene rings is 1. The Bertz CT molecular complexity index is 466. The molecule has 0 heterocycles. The third-order valence-corrected chi connectivity index (χ3v) is 1.88. The zero-order valence-corrected chi connectivity index (χ0v) is 8.28. The minimum atomic E-state index is -0.0564. The number of halogens is 1. The van der Waals surface area contributed by atoms with Gasteiger partial charge < -0.3 is 10.4 Å². The zero-order valence-electron chi connectivity index (χ0n) is 7.53. The highest BCUT2D eigenvalue weighted by atomic mass is 35.5. The van der Waals surface area contributed by atoms with Crippen molar-refractivity contribution < 1.29 is 5.11 Å². The molecule has 0 atom stereocenters. The third kappa shape index (κ3) is 2.91. The lowest BCUT2D eigenvalue weighted by molar-refractivity contribution is 0.475. The number of nitriles is 2. The van der Waals surface area contributed by atoms with Crippen LogP contribution in [0.25, 0.3) is 0 Å². The number of anilines is 1. The average Bonchev–Trinajstić information content (AvgIpc) is 2.22. The minimum absolute atomic E-state index is 0.0512. The van der Waals surface area contributed by atoms with Crippen LogP contribution in [0.1, 0.15) is 0 Å². The molecule has 0 saturated heterocycles. The van der Waals surface area contributed by atoms with E-state index in [1.54, 1.807) is 18.2 Å². The number of phenolic OH excluding ortho intramolecular Hbond substituents is 1. The summed E-state index contributed by atoms with van der Waals surface area (Å²) in [6.07, 6.45) is 1.25. The molecule has 15 heavy (non-hydrogen) atoms. The fourth-order valence-corrected chi connectivity index (χ4v) is 1.09. The normalized spacial score (nSPS) is 8.47. The van der Waals surface area contributed by atoms with Gasteiger partial charge in [-0.25, -0.2) is 0 Å². The van der Waals surface area contributed by atoms with E-state index in [2.05, 4.69) is 5.32 Å². The summed E-state index contributed by atoms with van der Waals surface area (Å²) in [5.74, 6) is 0.0512. The summed E-state index contributed by atoms with van der Waals surface area (Å²) in [5.41, 5.74) is 0.455. The molecule has 0 radical (unpaired) electrons. The fraction of sp³-hybridized carbons (Fsp3) is 0. The topological polar surface area (TPSA) is 79.8 Å². The molecule has 0 spiro atoms. The van der Waals surface area contributed by atoms with Crippen molar-refractivity contribution in [3.63, 3.8) is 0 Å². The first kappa shape index (κ1) is 10.9. The molecule has 2 N–H and O–H groups in total. The van der Waals surface area contributed by atoms with E-state index in [1.165, 1.54) is 18.3 Å². The summed E-state index contributed by atoms with van der Waals surface area (Å²) in [6.45, 7) is 0. The van der Waals surface area contributed by atoms with Gasteiger partial charge in [-0.05, 0) is 12.1 Å². The van der Waals surface area contributed by atoms with Crippen molar-refractivity contribution in [2.45, 2.75) is 0 Å². The molecule has 0 aromatic heterocycles. The van der Waals surface area contributed by atoms with Crippen LogP contribution in [0, 0.1) is 22.7 Å². The summed E-state index contributed by atoms with van der Waals surface area (Å²) in [4.78, 5) is 0. The Morgan fingerprint density at radius 2 is 2.07 bits per heavy atom. The van der Waals surface area contributed by atoms with Crippen LogP contribution in [0.5, 0.6) is 5.75 Å². The highest BCUT2D eigenvalue weighted by Gasteiger charge is 1.99. The van der Waals surface area contributed by atoms with Crippen molar-refractivity contribution >= 4 is 17.3 Å². The first-order valence-corrected chi connectivity index (χ1v) is 4.30. The van der Waals surface area contributed by atoms with Crippen LogP contribution in [-0.4, -0.2) is 5.11 Å². The first-order chi connectivity index (χ1) is 7.17. The van der Waals surface area contributed by atoms with Gasteiger partial charge in [-0.1, -0.05) is 11.6 Å². The van der Waals surface area contributed by atoms with Crippen molar-refractivity contribution in [2.75, 3.05) is 5.32 Å². The van der Waals surface area contributed by atoms with E-state index in [9.17, 15) is 0 Å². The second-order valence-corrected chi connectivity index (χ2v) is 3.00. The molecule has 5 heteroatoms. The molecule has 0 aliphatic rings. The van der Waals surface area contributed by atoms with Gasteiger partial charge in [0, 0.05) is 12.3 Å². The van der Waals surface area contributed by atoms with E-state index >= 15 is 0 Å². The van der Waals surface area contributed by atoms with Crippen LogP contribution in [0.2, 0.25) is 5.02 Å². The molecule has 1 aromatic carbocycles. The number of nitrogens with one attached hydrogen (secondary N) is 1. The van der Waals surface area contributed by atoms with E-state index in [-0.39, 0.29) is 11.3 Å². The Labute approximate surface area is 91.6 Å². The Kier molecular flexibility index (Phi) is 3.56. The van der Waals surface area contributed by atoms with Gasteiger partial charge in [0.1, 0.15) is 23.5 Å². The van der Waals surface area contributed by atoms with Gasteiger partial charge in [0.05, 0.1) is 10.7 Å². The maximum absolute atomic E-state index is 9.07. The number of aromatic hydroxyl groups is 1. The highest BCUT2D eigenvalue weighted by Crippen LogP contribution is 2.25. The van der Waals surface area contributed by atoms with Gasteiger partial charge in [-0.3, -0.25) is 0 Å². The van der Waals surface area contributed by atoms with E-state index in [0.29, 0.717) is 10.7 Å². The predicted octanol–water partition coefficient (Wildman–Crippen LogP) is 2.39. The fourth-order valence-electron chi connectivity index (χ4n) is 0.861. The molecule has 1 aromatic rings. The molecule has 74 valence electrons. The minimum Gasteiger partial charge on any atom is -0.508 e. The first-order valence-electron chi connectivity index (χ1n) is 3.93. The number of nitrogens with zero attached hydrogens (tertiary/aromatic N) is 2. The largest absolute Gasteiger partial charge is 0.508 e. The maximum Gasteiger partial charge on any atom is 0.145 e. The lowest BCUT2D eigenvalue weighted by Crippen LogP contribution is -1.90. The van der Waals surface area contributed by atoms with Crippen LogP contribution in [-0.2, 0) is 0 Å². The summed E-state index contributed by atoms with van der Waals surface area (Å²) in [5, 5.41) is 29.0. The molecular weight excluding hydrogens is 214 g/mol. The van der Waals surface area contributed by atoms with Gasteiger partial charge in [0.25, 0.3) is 0 Å². The summed E-state index contributed by atoms with van der Waals surface area (Å²) in [7, 11) is 0. The van der Waals surface area contributed by atoms with Crippen LogP contribution in [0.15, 0.2) is 30.0 Å². The third-order valence-electron chi connectivity index (χ3n) is 1.57. The SMILES string of the molecule is N#CC(C#N)=CNc1ccc(O)cc1Cl. The van der Waals surface area contributed by atoms with Crippen molar-refractivity contribution in [3.05, 3.63) is 35.0 Å². The summed E-state index contributed by atoms with van der Waals surface area (Å²) in [6, 6.07) is 7.74.